The molecule has 1 amide bonds. The van der Waals surface area contributed by atoms with Gasteiger partial charge in [-0.05, 0) is 19.8 Å². The number of amides is 1. The van der Waals surface area contributed by atoms with E-state index in [2.05, 4.69) is 0 Å². The van der Waals surface area contributed by atoms with Gasteiger partial charge in [-0.25, -0.2) is 17.5 Å². The smallest absolute Gasteiger partial charge is 0.328 e. The highest BCUT2D eigenvalue weighted by Crippen LogP contribution is 2.23. The summed E-state index contributed by atoms with van der Waals surface area (Å²) >= 11 is 0. The molecule has 1 N–H and O–H groups in total. The topological polar surface area (TPSA) is 104 Å². The van der Waals surface area contributed by atoms with Gasteiger partial charge in [0.25, 0.3) is 0 Å². The summed E-state index contributed by atoms with van der Waals surface area (Å²) in [4.78, 5) is 25.2. The molecule has 22 heavy (non-hydrogen) atoms. The number of morpholine rings is 1. The molecule has 2 heterocycles. The monoisotopic (exact) mass is 334 g/mol. The van der Waals surface area contributed by atoms with E-state index in [-0.39, 0.29) is 31.4 Å². The van der Waals surface area contributed by atoms with Crippen molar-refractivity contribution >= 4 is 21.9 Å². The molecule has 0 aromatic heterocycles. The van der Waals surface area contributed by atoms with Gasteiger partial charge in [-0.15, -0.1) is 0 Å². The number of carbonyl (C=O) groups excluding carboxylic acids is 1. The van der Waals surface area contributed by atoms with Gasteiger partial charge in [-0.3, -0.25) is 4.79 Å². The molecule has 2 unspecified atom stereocenters. The lowest BCUT2D eigenvalue weighted by Gasteiger charge is -2.38. The average molecular weight is 334 g/mol. The van der Waals surface area contributed by atoms with Crippen molar-refractivity contribution in [3.05, 3.63) is 0 Å². The molecule has 2 atom stereocenters. The molecule has 2 aliphatic heterocycles. The highest BCUT2D eigenvalue weighted by molar-refractivity contribution is 7.89. The van der Waals surface area contributed by atoms with Crippen molar-refractivity contribution in [1.29, 1.82) is 0 Å². The molecule has 9 heteroatoms. The van der Waals surface area contributed by atoms with Crippen LogP contribution < -0.4 is 0 Å². The SMILES string of the molecule is CCS(=O)(=O)N1CCCC(C(=O)N2CCOCC2C(=O)O)C1. The maximum Gasteiger partial charge on any atom is 0.328 e. The predicted octanol–water partition coefficient (Wildman–Crippen LogP) is -0.640. The second-order valence-corrected chi connectivity index (χ2v) is 7.82. The first-order chi connectivity index (χ1) is 10.4. The number of carboxylic acids is 1. The summed E-state index contributed by atoms with van der Waals surface area (Å²) in [5.74, 6) is -1.85. The third-order valence-corrected chi connectivity index (χ3v) is 6.04. The lowest BCUT2D eigenvalue weighted by molar-refractivity contribution is -0.160. The fourth-order valence-corrected chi connectivity index (χ4v) is 4.07. The Morgan fingerprint density at radius 2 is 2.05 bits per heavy atom. The number of carbonyl (C=O) groups is 2. The Labute approximate surface area is 130 Å². The van der Waals surface area contributed by atoms with Crippen molar-refractivity contribution in [3.63, 3.8) is 0 Å². The van der Waals surface area contributed by atoms with E-state index in [1.807, 2.05) is 0 Å². The third kappa shape index (κ3) is 3.58. The van der Waals surface area contributed by atoms with Crippen LogP contribution in [0.2, 0.25) is 0 Å². The minimum absolute atomic E-state index is 0.00319. The maximum absolute atomic E-state index is 12.6. The third-order valence-electron chi connectivity index (χ3n) is 4.19. The fourth-order valence-electron chi connectivity index (χ4n) is 2.89. The number of sulfonamides is 1. The lowest BCUT2D eigenvalue weighted by atomic mass is 9.97. The Morgan fingerprint density at radius 3 is 2.68 bits per heavy atom. The number of rotatable bonds is 4. The molecule has 0 saturated carbocycles. The molecule has 2 fully saturated rings. The quantitative estimate of drug-likeness (QED) is 0.733. The predicted molar refractivity (Wildman–Crippen MR) is 77.7 cm³/mol. The van der Waals surface area contributed by atoms with Gasteiger partial charge in [-0.1, -0.05) is 0 Å². The van der Waals surface area contributed by atoms with Crippen molar-refractivity contribution in [3.8, 4) is 0 Å². The molecule has 0 bridgehead atoms. The Balaban J connectivity index is 2.09. The highest BCUT2D eigenvalue weighted by Gasteiger charge is 2.39. The first-order valence-electron chi connectivity index (χ1n) is 7.45. The lowest BCUT2D eigenvalue weighted by Crippen LogP contribution is -2.56. The maximum atomic E-state index is 12.6. The summed E-state index contributed by atoms with van der Waals surface area (Å²) in [6, 6.07) is -0.987. The largest absolute Gasteiger partial charge is 0.480 e. The molecule has 2 rings (SSSR count). The Hall–Kier alpha value is -1.19. The van der Waals surface area contributed by atoms with Crippen molar-refractivity contribution < 1.29 is 27.9 Å². The van der Waals surface area contributed by atoms with Crippen LogP contribution >= 0.6 is 0 Å². The Bertz CT molecular complexity index is 535. The molecule has 8 nitrogen and oxygen atoms in total. The van der Waals surface area contributed by atoms with Crippen LogP contribution in [0.3, 0.4) is 0 Å². The second kappa shape index (κ2) is 6.93. The minimum Gasteiger partial charge on any atom is -0.480 e. The van der Waals surface area contributed by atoms with Crippen LogP contribution in [0.5, 0.6) is 0 Å². The number of hydrogen-bond acceptors (Lipinski definition) is 5. The average Bonchev–Trinajstić information content (AvgIpc) is 2.54. The van der Waals surface area contributed by atoms with Gasteiger partial charge in [-0.2, -0.15) is 0 Å². The van der Waals surface area contributed by atoms with E-state index in [9.17, 15) is 23.1 Å². The van der Waals surface area contributed by atoms with Crippen LogP contribution in [0, 0.1) is 5.92 Å². The van der Waals surface area contributed by atoms with E-state index in [1.54, 1.807) is 6.92 Å². The van der Waals surface area contributed by atoms with Crippen LogP contribution in [0.15, 0.2) is 0 Å². The van der Waals surface area contributed by atoms with Gasteiger partial charge >= 0.3 is 5.97 Å². The van der Waals surface area contributed by atoms with E-state index >= 15 is 0 Å². The summed E-state index contributed by atoms with van der Waals surface area (Å²) in [6.07, 6.45) is 1.19. The second-order valence-electron chi connectivity index (χ2n) is 5.56. The van der Waals surface area contributed by atoms with Gasteiger partial charge in [0.15, 0.2) is 6.04 Å². The van der Waals surface area contributed by atoms with Gasteiger partial charge in [0.2, 0.25) is 15.9 Å². The van der Waals surface area contributed by atoms with E-state index < -0.39 is 28.0 Å². The number of piperidine rings is 1. The number of carboxylic acid groups (broad SMARTS) is 1. The molecular weight excluding hydrogens is 312 g/mol. The van der Waals surface area contributed by atoms with Crippen molar-refractivity contribution in [2.45, 2.75) is 25.8 Å². The zero-order valence-electron chi connectivity index (χ0n) is 12.6. The van der Waals surface area contributed by atoms with Crippen molar-refractivity contribution in [2.75, 3.05) is 38.6 Å². The van der Waals surface area contributed by atoms with Gasteiger partial charge in [0, 0.05) is 19.6 Å². The Kier molecular flexibility index (Phi) is 5.41. The molecule has 0 aromatic carbocycles. The number of ether oxygens (including phenoxy) is 1. The molecular formula is C13H22N2O6S. The van der Waals surface area contributed by atoms with Gasteiger partial charge in [0.1, 0.15) is 0 Å². The van der Waals surface area contributed by atoms with E-state index in [4.69, 9.17) is 4.74 Å². The van der Waals surface area contributed by atoms with E-state index in [0.29, 0.717) is 26.0 Å². The van der Waals surface area contributed by atoms with Crippen LogP contribution in [0.25, 0.3) is 0 Å². The number of hydrogen-bond donors (Lipinski definition) is 1. The highest BCUT2D eigenvalue weighted by atomic mass is 32.2. The van der Waals surface area contributed by atoms with Crippen LogP contribution in [0.4, 0.5) is 0 Å². The molecule has 2 saturated heterocycles. The van der Waals surface area contributed by atoms with Gasteiger partial charge in [0.05, 0.1) is 24.9 Å². The normalized spacial score (nSPS) is 27.6. The van der Waals surface area contributed by atoms with E-state index in [1.165, 1.54) is 9.21 Å². The van der Waals surface area contributed by atoms with Crippen LogP contribution in [-0.2, 0) is 24.3 Å². The summed E-state index contributed by atoms with van der Waals surface area (Å²) in [5.41, 5.74) is 0. The van der Waals surface area contributed by atoms with Crippen LogP contribution in [0.1, 0.15) is 19.8 Å². The van der Waals surface area contributed by atoms with Gasteiger partial charge < -0.3 is 14.7 Å². The Morgan fingerprint density at radius 1 is 1.32 bits per heavy atom. The summed E-state index contributed by atoms with van der Waals surface area (Å²) in [5, 5.41) is 9.20. The fraction of sp³-hybridized carbons (Fsp3) is 0.846. The zero-order valence-corrected chi connectivity index (χ0v) is 13.4. The summed E-state index contributed by atoms with van der Waals surface area (Å²) in [7, 11) is -3.33. The van der Waals surface area contributed by atoms with Crippen molar-refractivity contribution in [1.82, 2.24) is 9.21 Å². The molecule has 0 spiro atoms. The van der Waals surface area contributed by atoms with Crippen molar-refractivity contribution in [2.24, 2.45) is 5.92 Å². The molecule has 0 aromatic rings. The zero-order chi connectivity index (χ0) is 16.3. The minimum atomic E-state index is -3.33. The standard InChI is InChI=1S/C13H22N2O6S/c1-2-22(19,20)14-5-3-4-10(8-14)12(16)15-6-7-21-9-11(15)13(17)18/h10-11H,2-9H2,1H3,(H,17,18). The summed E-state index contributed by atoms with van der Waals surface area (Å²) in [6.45, 7) is 2.64. The molecule has 2 aliphatic rings. The molecule has 126 valence electrons. The number of aliphatic carboxylic acids is 1. The van der Waals surface area contributed by atoms with E-state index in [0.717, 1.165) is 0 Å². The molecule has 0 radical (unpaired) electrons. The summed E-state index contributed by atoms with van der Waals surface area (Å²) < 4.78 is 30.4. The first kappa shape index (κ1) is 17.2. The molecule has 0 aliphatic carbocycles. The number of nitrogens with zero attached hydrogens (tertiary/aromatic N) is 2. The first-order valence-corrected chi connectivity index (χ1v) is 9.06. The van der Waals surface area contributed by atoms with Crippen LogP contribution in [-0.4, -0.2) is 79.2 Å².